The van der Waals surface area contributed by atoms with Crippen molar-refractivity contribution < 1.29 is 4.52 Å². The number of hydrogen-bond donors (Lipinski definition) is 1. The predicted octanol–water partition coefficient (Wildman–Crippen LogP) is 3.99. The lowest BCUT2D eigenvalue weighted by molar-refractivity contribution is 0.434. The van der Waals surface area contributed by atoms with Crippen LogP contribution in [0.5, 0.6) is 0 Å². The largest absolute Gasteiger partial charge is 0.360 e. The maximum Gasteiger partial charge on any atom is 0.167 e. The first-order chi connectivity index (χ1) is 8.33. The second-order valence-corrected chi connectivity index (χ2v) is 4.10. The van der Waals surface area contributed by atoms with Crippen LogP contribution >= 0.6 is 11.6 Å². The molecule has 0 aliphatic rings. The Morgan fingerprint density at radius 1 is 1.12 bits per heavy atom. The summed E-state index contributed by atoms with van der Waals surface area (Å²) in [5, 5.41) is 4.72. The highest BCUT2D eigenvalue weighted by Crippen LogP contribution is 2.25. The Balaban J connectivity index is 1.98. The SMILES string of the molecule is Clc1ccc(-c2cc(-c3ccc[nH]3)no2)cc1. The molecule has 1 aromatic carbocycles. The minimum Gasteiger partial charge on any atom is -0.360 e. The van der Waals surface area contributed by atoms with Gasteiger partial charge >= 0.3 is 0 Å². The van der Waals surface area contributed by atoms with Crippen molar-refractivity contribution >= 4 is 11.6 Å². The maximum atomic E-state index is 5.83. The fourth-order valence-electron chi connectivity index (χ4n) is 1.64. The van der Waals surface area contributed by atoms with Gasteiger partial charge in [0.05, 0.1) is 5.69 Å². The molecule has 3 rings (SSSR count). The van der Waals surface area contributed by atoms with Gasteiger partial charge in [-0.1, -0.05) is 16.8 Å². The molecular weight excluding hydrogens is 236 g/mol. The molecule has 1 N–H and O–H groups in total. The van der Waals surface area contributed by atoms with E-state index < -0.39 is 0 Å². The lowest BCUT2D eigenvalue weighted by Gasteiger charge is -1.94. The van der Waals surface area contributed by atoms with Gasteiger partial charge in [0, 0.05) is 22.8 Å². The van der Waals surface area contributed by atoms with Gasteiger partial charge in [0.15, 0.2) is 5.76 Å². The van der Waals surface area contributed by atoms with Gasteiger partial charge in [0.25, 0.3) is 0 Å². The zero-order valence-corrected chi connectivity index (χ0v) is 9.61. The highest BCUT2D eigenvalue weighted by Gasteiger charge is 2.08. The van der Waals surface area contributed by atoms with E-state index in [0.717, 1.165) is 22.7 Å². The molecule has 0 radical (unpaired) electrons. The monoisotopic (exact) mass is 244 g/mol. The van der Waals surface area contributed by atoms with Crippen molar-refractivity contribution in [3.05, 3.63) is 53.7 Å². The van der Waals surface area contributed by atoms with E-state index >= 15 is 0 Å². The normalized spacial score (nSPS) is 10.6. The molecule has 0 saturated carbocycles. The molecule has 2 aromatic heterocycles. The molecule has 0 aliphatic carbocycles. The third kappa shape index (κ3) is 1.97. The summed E-state index contributed by atoms with van der Waals surface area (Å²) in [7, 11) is 0. The second kappa shape index (κ2) is 4.11. The molecule has 0 fully saturated rings. The molecule has 4 heteroatoms. The van der Waals surface area contributed by atoms with Crippen molar-refractivity contribution in [2.24, 2.45) is 0 Å². The maximum absolute atomic E-state index is 5.83. The summed E-state index contributed by atoms with van der Waals surface area (Å²) >= 11 is 5.83. The Morgan fingerprint density at radius 3 is 2.65 bits per heavy atom. The van der Waals surface area contributed by atoms with E-state index in [1.165, 1.54) is 0 Å². The van der Waals surface area contributed by atoms with Crippen LogP contribution in [-0.4, -0.2) is 10.1 Å². The molecule has 0 spiro atoms. The molecule has 0 saturated heterocycles. The average molecular weight is 245 g/mol. The number of rotatable bonds is 2. The number of nitrogens with zero attached hydrogens (tertiary/aromatic N) is 1. The molecule has 0 aliphatic heterocycles. The average Bonchev–Trinajstić information content (AvgIpc) is 3.00. The van der Waals surface area contributed by atoms with E-state index in [-0.39, 0.29) is 0 Å². The topological polar surface area (TPSA) is 41.8 Å². The molecule has 2 heterocycles. The van der Waals surface area contributed by atoms with Crippen LogP contribution in [0.4, 0.5) is 0 Å². The molecule has 0 bridgehead atoms. The first kappa shape index (κ1) is 10.2. The summed E-state index contributed by atoms with van der Waals surface area (Å²) in [6, 6.07) is 13.2. The molecule has 17 heavy (non-hydrogen) atoms. The van der Waals surface area contributed by atoms with E-state index in [1.807, 2.05) is 48.7 Å². The minimum absolute atomic E-state index is 0.706. The van der Waals surface area contributed by atoms with Crippen molar-refractivity contribution in [3.8, 4) is 22.7 Å². The Bertz CT molecular complexity index is 611. The van der Waals surface area contributed by atoms with Crippen LogP contribution < -0.4 is 0 Å². The number of H-pyrrole nitrogens is 1. The van der Waals surface area contributed by atoms with Gasteiger partial charge in [0.2, 0.25) is 0 Å². The predicted molar refractivity (Wildman–Crippen MR) is 66.7 cm³/mol. The zero-order valence-electron chi connectivity index (χ0n) is 8.85. The van der Waals surface area contributed by atoms with Gasteiger partial charge in [-0.3, -0.25) is 0 Å². The van der Waals surface area contributed by atoms with E-state index in [0.29, 0.717) is 5.02 Å². The zero-order chi connectivity index (χ0) is 11.7. The third-order valence-electron chi connectivity index (χ3n) is 2.51. The van der Waals surface area contributed by atoms with Crippen molar-refractivity contribution in [2.75, 3.05) is 0 Å². The highest BCUT2D eigenvalue weighted by molar-refractivity contribution is 6.30. The molecule has 84 valence electrons. The molecule has 0 unspecified atom stereocenters. The Kier molecular flexibility index (Phi) is 2.46. The summed E-state index contributed by atoms with van der Waals surface area (Å²) in [6.07, 6.45) is 1.85. The van der Waals surface area contributed by atoms with Crippen LogP contribution in [0, 0.1) is 0 Å². The summed E-state index contributed by atoms with van der Waals surface area (Å²) in [5.74, 6) is 0.728. The first-order valence-electron chi connectivity index (χ1n) is 5.19. The van der Waals surface area contributed by atoms with Crippen LogP contribution in [0.2, 0.25) is 5.02 Å². The molecule has 3 aromatic rings. The summed E-state index contributed by atoms with van der Waals surface area (Å²) in [4.78, 5) is 3.08. The molecule has 3 nitrogen and oxygen atoms in total. The number of benzene rings is 1. The van der Waals surface area contributed by atoms with Gasteiger partial charge in [-0.15, -0.1) is 0 Å². The van der Waals surface area contributed by atoms with Crippen LogP contribution in [0.15, 0.2) is 53.2 Å². The lowest BCUT2D eigenvalue weighted by atomic mass is 10.1. The van der Waals surface area contributed by atoms with E-state index in [9.17, 15) is 0 Å². The fourth-order valence-corrected chi connectivity index (χ4v) is 1.77. The highest BCUT2D eigenvalue weighted by atomic mass is 35.5. The number of hydrogen-bond acceptors (Lipinski definition) is 2. The van der Waals surface area contributed by atoms with Crippen molar-refractivity contribution in [1.82, 2.24) is 10.1 Å². The van der Waals surface area contributed by atoms with Crippen LogP contribution in [-0.2, 0) is 0 Å². The fraction of sp³-hybridized carbons (Fsp3) is 0. The van der Waals surface area contributed by atoms with Crippen LogP contribution in [0.1, 0.15) is 0 Å². The molecule has 0 atom stereocenters. The summed E-state index contributed by atoms with van der Waals surface area (Å²) < 4.78 is 5.30. The van der Waals surface area contributed by atoms with E-state index in [2.05, 4.69) is 10.1 Å². The minimum atomic E-state index is 0.706. The first-order valence-corrected chi connectivity index (χ1v) is 5.57. The van der Waals surface area contributed by atoms with Gasteiger partial charge in [0.1, 0.15) is 5.69 Å². The van der Waals surface area contributed by atoms with Crippen LogP contribution in [0.25, 0.3) is 22.7 Å². The lowest BCUT2D eigenvalue weighted by Crippen LogP contribution is -1.74. The van der Waals surface area contributed by atoms with E-state index in [1.54, 1.807) is 0 Å². The van der Waals surface area contributed by atoms with Gasteiger partial charge in [-0.25, -0.2) is 0 Å². The van der Waals surface area contributed by atoms with Gasteiger partial charge in [-0.2, -0.15) is 0 Å². The van der Waals surface area contributed by atoms with Crippen LogP contribution in [0.3, 0.4) is 0 Å². The van der Waals surface area contributed by atoms with Gasteiger partial charge in [-0.05, 0) is 36.4 Å². The third-order valence-corrected chi connectivity index (χ3v) is 2.76. The molecular formula is C13H9ClN2O. The van der Waals surface area contributed by atoms with E-state index in [4.69, 9.17) is 16.1 Å². The number of aromatic amines is 1. The smallest absolute Gasteiger partial charge is 0.167 e. The second-order valence-electron chi connectivity index (χ2n) is 3.67. The standard InChI is InChI=1S/C13H9ClN2O/c14-10-5-3-9(4-6-10)13-8-12(16-17-13)11-2-1-7-15-11/h1-8,15H. The Morgan fingerprint density at radius 2 is 1.94 bits per heavy atom. The number of halogens is 1. The number of nitrogens with one attached hydrogen (secondary N) is 1. The van der Waals surface area contributed by atoms with Crippen molar-refractivity contribution in [2.45, 2.75) is 0 Å². The Hall–Kier alpha value is -2.00. The Labute approximate surface area is 103 Å². The quantitative estimate of drug-likeness (QED) is 0.741. The molecule has 0 amide bonds. The van der Waals surface area contributed by atoms with Gasteiger partial charge < -0.3 is 9.51 Å². The summed E-state index contributed by atoms with van der Waals surface area (Å²) in [6.45, 7) is 0. The van der Waals surface area contributed by atoms with Crippen molar-refractivity contribution in [1.29, 1.82) is 0 Å². The number of aromatic nitrogens is 2. The van der Waals surface area contributed by atoms with Crippen molar-refractivity contribution in [3.63, 3.8) is 0 Å². The summed E-state index contributed by atoms with van der Waals surface area (Å²) in [5.41, 5.74) is 2.69.